The van der Waals surface area contributed by atoms with Gasteiger partial charge in [0.05, 0.1) is 0 Å². The number of anilines is 1. The number of cyclic esters (lactones) is 1. The number of hydrogen-bond acceptors (Lipinski definition) is 2. The maximum atomic E-state index is 11.8. The van der Waals surface area contributed by atoms with Crippen LogP contribution < -0.4 is 4.90 Å². The largest absolute Gasteiger partial charge is 0.419 e. The van der Waals surface area contributed by atoms with Gasteiger partial charge in [-0.05, 0) is 59.7 Å². The standard InChI is InChI=1S/C13H14INO2/c1-9-5-10(2)7-11(6-9)15-4-3-12(8-14)17-13(15)16/h5-8H,3-4H2,1-2H3/b12-8+. The van der Waals surface area contributed by atoms with Gasteiger partial charge in [0.15, 0.2) is 0 Å². The van der Waals surface area contributed by atoms with Gasteiger partial charge in [-0.2, -0.15) is 0 Å². The normalized spacial score (nSPS) is 18.4. The van der Waals surface area contributed by atoms with Crippen molar-refractivity contribution in [2.45, 2.75) is 20.3 Å². The van der Waals surface area contributed by atoms with Crippen LogP contribution in [0.5, 0.6) is 0 Å². The van der Waals surface area contributed by atoms with Crippen LogP contribution in [0.25, 0.3) is 0 Å². The van der Waals surface area contributed by atoms with Crippen molar-refractivity contribution in [1.29, 1.82) is 0 Å². The Morgan fingerprint density at radius 1 is 1.29 bits per heavy atom. The van der Waals surface area contributed by atoms with E-state index in [-0.39, 0.29) is 6.09 Å². The van der Waals surface area contributed by atoms with Gasteiger partial charge in [-0.1, -0.05) is 6.07 Å². The maximum Gasteiger partial charge on any atom is 0.419 e. The predicted octanol–water partition coefficient (Wildman–Crippen LogP) is 3.93. The van der Waals surface area contributed by atoms with Crippen LogP contribution in [0.2, 0.25) is 0 Å². The van der Waals surface area contributed by atoms with Crippen molar-refractivity contribution in [2.75, 3.05) is 11.4 Å². The van der Waals surface area contributed by atoms with Crippen molar-refractivity contribution in [3.8, 4) is 0 Å². The van der Waals surface area contributed by atoms with Crippen molar-refractivity contribution in [1.82, 2.24) is 0 Å². The van der Waals surface area contributed by atoms with Gasteiger partial charge in [-0.3, -0.25) is 4.90 Å². The van der Waals surface area contributed by atoms with Crippen LogP contribution in [0.15, 0.2) is 28.0 Å². The second-order valence-corrected chi connectivity index (χ2v) is 4.81. The number of ether oxygens (including phenoxy) is 1. The Kier molecular flexibility index (Phi) is 3.71. The summed E-state index contributed by atoms with van der Waals surface area (Å²) in [5.74, 6) is 0.747. The van der Waals surface area contributed by atoms with E-state index in [1.807, 2.05) is 30.1 Å². The average Bonchev–Trinajstić information content (AvgIpc) is 2.27. The van der Waals surface area contributed by atoms with E-state index < -0.39 is 0 Å². The molecule has 0 spiro atoms. The van der Waals surface area contributed by atoms with Gasteiger partial charge >= 0.3 is 6.09 Å². The third-order valence-electron chi connectivity index (χ3n) is 2.66. The summed E-state index contributed by atoms with van der Waals surface area (Å²) < 4.78 is 7.04. The first-order valence-electron chi connectivity index (χ1n) is 5.47. The highest BCUT2D eigenvalue weighted by atomic mass is 127. The van der Waals surface area contributed by atoms with E-state index in [1.165, 1.54) is 0 Å². The summed E-state index contributed by atoms with van der Waals surface area (Å²) in [5, 5.41) is 0. The van der Waals surface area contributed by atoms with Gasteiger partial charge in [0, 0.05) is 22.7 Å². The smallest absolute Gasteiger partial charge is 0.414 e. The van der Waals surface area contributed by atoms with E-state index in [9.17, 15) is 4.79 Å². The SMILES string of the molecule is Cc1cc(C)cc(N2CC/C(=C\I)OC2=O)c1. The van der Waals surface area contributed by atoms with Gasteiger partial charge in [0.25, 0.3) is 0 Å². The molecule has 1 amide bonds. The molecule has 2 rings (SSSR count). The highest BCUT2D eigenvalue weighted by Crippen LogP contribution is 2.25. The molecule has 4 heteroatoms. The average molecular weight is 343 g/mol. The minimum absolute atomic E-state index is 0.288. The van der Waals surface area contributed by atoms with Crippen LogP contribution in [0.1, 0.15) is 17.5 Å². The molecule has 0 radical (unpaired) electrons. The number of halogens is 1. The first-order chi connectivity index (χ1) is 8.10. The van der Waals surface area contributed by atoms with Crippen LogP contribution in [0, 0.1) is 13.8 Å². The van der Waals surface area contributed by atoms with E-state index in [0.717, 1.165) is 29.0 Å². The van der Waals surface area contributed by atoms with Crippen LogP contribution in [0.3, 0.4) is 0 Å². The minimum atomic E-state index is -0.288. The minimum Gasteiger partial charge on any atom is -0.414 e. The number of hydrogen-bond donors (Lipinski definition) is 0. The molecule has 90 valence electrons. The predicted molar refractivity (Wildman–Crippen MR) is 76.5 cm³/mol. The first-order valence-corrected chi connectivity index (χ1v) is 6.71. The lowest BCUT2D eigenvalue weighted by Gasteiger charge is -2.28. The highest BCUT2D eigenvalue weighted by molar-refractivity contribution is 14.1. The molecule has 0 aliphatic carbocycles. The molecule has 3 nitrogen and oxygen atoms in total. The summed E-state index contributed by atoms with van der Waals surface area (Å²) in [5.41, 5.74) is 3.23. The molecule has 0 aromatic heterocycles. The third kappa shape index (κ3) is 2.80. The summed E-state index contributed by atoms with van der Waals surface area (Å²) in [7, 11) is 0. The van der Waals surface area contributed by atoms with E-state index in [4.69, 9.17) is 4.74 Å². The number of amides is 1. The molecule has 0 bridgehead atoms. The highest BCUT2D eigenvalue weighted by Gasteiger charge is 2.24. The molecule has 0 saturated carbocycles. The summed E-state index contributed by atoms with van der Waals surface area (Å²) in [6.07, 6.45) is 0.478. The number of carbonyl (C=O) groups is 1. The molecule has 0 atom stereocenters. The molecule has 1 aromatic rings. The Bertz CT molecular complexity index is 462. The monoisotopic (exact) mass is 343 g/mol. The lowest BCUT2D eigenvalue weighted by molar-refractivity contribution is 0.172. The number of carbonyl (C=O) groups excluding carboxylic acids is 1. The Hall–Kier alpha value is -1.04. The summed E-state index contributed by atoms with van der Waals surface area (Å²) in [6, 6.07) is 6.11. The molecule has 1 heterocycles. The van der Waals surface area contributed by atoms with Gasteiger partial charge in [0.1, 0.15) is 5.76 Å². The second-order valence-electron chi connectivity index (χ2n) is 4.19. The van der Waals surface area contributed by atoms with E-state index in [1.54, 1.807) is 4.90 Å². The topological polar surface area (TPSA) is 29.5 Å². The van der Waals surface area contributed by atoms with E-state index >= 15 is 0 Å². The molecule has 0 unspecified atom stereocenters. The van der Waals surface area contributed by atoms with Crippen molar-refractivity contribution in [3.05, 3.63) is 39.2 Å². The Morgan fingerprint density at radius 2 is 1.94 bits per heavy atom. The number of benzene rings is 1. The molecule has 1 fully saturated rings. The van der Waals surface area contributed by atoms with Gasteiger partial charge in [-0.25, -0.2) is 4.79 Å². The van der Waals surface area contributed by atoms with Gasteiger partial charge in [-0.15, -0.1) is 0 Å². The zero-order chi connectivity index (χ0) is 12.4. The molecule has 1 aliphatic heterocycles. The Morgan fingerprint density at radius 3 is 2.47 bits per heavy atom. The van der Waals surface area contributed by atoms with Crippen molar-refractivity contribution < 1.29 is 9.53 Å². The number of aryl methyl sites for hydroxylation is 2. The van der Waals surface area contributed by atoms with E-state index in [0.29, 0.717) is 6.54 Å². The summed E-state index contributed by atoms with van der Waals surface area (Å²) in [6.45, 7) is 4.74. The van der Waals surface area contributed by atoms with Crippen LogP contribution in [-0.4, -0.2) is 12.6 Å². The molecule has 1 saturated heterocycles. The number of rotatable bonds is 1. The molecule has 17 heavy (non-hydrogen) atoms. The van der Waals surface area contributed by atoms with E-state index in [2.05, 4.69) is 28.7 Å². The van der Waals surface area contributed by atoms with Gasteiger partial charge in [0.2, 0.25) is 0 Å². The fourth-order valence-electron chi connectivity index (χ4n) is 1.95. The van der Waals surface area contributed by atoms with Crippen molar-refractivity contribution in [3.63, 3.8) is 0 Å². The fraction of sp³-hybridized carbons (Fsp3) is 0.308. The molecule has 1 aliphatic rings. The first kappa shape index (κ1) is 12.4. The number of nitrogens with zero attached hydrogens (tertiary/aromatic N) is 1. The van der Waals surface area contributed by atoms with Crippen molar-refractivity contribution >= 4 is 34.4 Å². The molecular weight excluding hydrogens is 329 g/mol. The molecular formula is C13H14INO2. The lowest BCUT2D eigenvalue weighted by atomic mass is 10.1. The molecule has 0 N–H and O–H groups in total. The quantitative estimate of drug-likeness (QED) is 0.724. The Labute approximate surface area is 115 Å². The van der Waals surface area contributed by atoms with Crippen LogP contribution in [-0.2, 0) is 4.74 Å². The molecule has 1 aromatic carbocycles. The fourth-order valence-corrected chi connectivity index (χ4v) is 2.39. The van der Waals surface area contributed by atoms with Gasteiger partial charge < -0.3 is 4.74 Å². The zero-order valence-electron chi connectivity index (χ0n) is 9.87. The zero-order valence-corrected chi connectivity index (χ0v) is 12.0. The summed E-state index contributed by atoms with van der Waals surface area (Å²) in [4.78, 5) is 13.5. The van der Waals surface area contributed by atoms with Crippen LogP contribution >= 0.6 is 22.6 Å². The third-order valence-corrected chi connectivity index (χ3v) is 3.36. The Balaban J connectivity index is 2.26. The second kappa shape index (κ2) is 5.08. The van der Waals surface area contributed by atoms with Crippen molar-refractivity contribution in [2.24, 2.45) is 0 Å². The van der Waals surface area contributed by atoms with Crippen LogP contribution in [0.4, 0.5) is 10.5 Å². The lowest BCUT2D eigenvalue weighted by Crippen LogP contribution is -2.36. The summed E-state index contributed by atoms with van der Waals surface area (Å²) >= 11 is 2.09. The maximum absolute atomic E-state index is 11.8.